The second-order valence-corrected chi connectivity index (χ2v) is 8.89. The van der Waals surface area contributed by atoms with Gasteiger partial charge in [0.1, 0.15) is 5.75 Å². The highest BCUT2D eigenvalue weighted by atomic mass is 32.2. The average Bonchev–Trinajstić information content (AvgIpc) is 2.74. The Kier molecular flexibility index (Phi) is 7.11. The third-order valence-electron chi connectivity index (χ3n) is 4.97. The monoisotopic (exact) mass is 417 g/mol. The first-order chi connectivity index (χ1) is 14.0. The van der Waals surface area contributed by atoms with Crippen molar-refractivity contribution in [2.24, 2.45) is 0 Å². The molecule has 0 aliphatic carbocycles. The quantitative estimate of drug-likeness (QED) is 0.748. The third kappa shape index (κ3) is 5.71. The fraction of sp³-hybridized carbons (Fsp3) is 0.381. The normalized spacial score (nSPS) is 15.1. The van der Waals surface area contributed by atoms with E-state index >= 15 is 0 Å². The van der Waals surface area contributed by atoms with Crippen molar-refractivity contribution in [3.8, 4) is 5.75 Å². The summed E-state index contributed by atoms with van der Waals surface area (Å²) >= 11 is 0. The molecule has 0 radical (unpaired) electrons. The summed E-state index contributed by atoms with van der Waals surface area (Å²) in [6.45, 7) is 1.89. The lowest BCUT2D eigenvalue weighted by Gasteiger charge is -2.34. The van der Waals surface area contributed by atoms with E-state index in [0.717, 1.165) is 16.9 Å². The zero-order valence-electron chi connectivity index (χ0n) is 16.6. The topological polar surface area (TPSA) is 79.0 Å². The molecule has 0 unspecified atom stereocenters. The number of ether oxygens (including phenoxy) is 1. The lowest BCUT2D eigenvalue weighted by atomic mass is 10.1. The molecule has 1 N–H and O–H groups in total. The van der Waals surface area contributed by atoms with Crippen molar-refractivity contribution in [1.82, 2.24) is 14.5 Å². The number of nitrogens with zero attached hydrogens (tertiary/aromatic N) is 2. The van der Waals surface area contributed by atoms with Crippen LogP contribution >= 0.6 is 0 Å². The van der Waals surface area contributed by atoms with Crippen LogP contribution in [-0.2, 0) is 22.2 Å². The molecule has 8 heteroatoms. The number of carbonyl (C=O) groups is 1. The van der Waals surface area contributed by atoms with Gasteiger partial charge in [0.05, 0.1) is 12.9 Å². The number of carbonyl (C=O) groups excluding carboxylic acids is 1. The van der Waals surface area contributed by atoms with Crippen LogP contribution in [0.2, 0.25) is 0 Å². The smallest absolute Gasteiger partial charge is 0.317 e. The molecule has 156 valence electrons. The van der Waals surface area contributed by atoms with Crippen LogP contribution in [0.5, 0.6) is 5.75 Å². The predicted octanol–water partition coefficient (Wildman–Crippen LogP) is 2.09. The van der Waals surface area contributed by atoms with Gasteiger partial charge in [0.2, 0.25) is 10.0 Å². The number of hydrogen-bond donors (Lipinski definition) is 1. The van der Waals surface area contributed by atoms with Gasteiger partial charge in [0, 0.05) is 32.7 Å². The second-order valence-electron chi connectivity index (χ2n) is 6.92. The van der Waals surface area contributed by atoms with Crippen LogP contribution in [0, 0.1) is 0 Å². The average molecular weight is 418 g/mol. The van der Waals surface area contributed by atoms with Gasteiger partial charge in [-0.15, -0.1) is 0 Å². The molecule has 0 aromatic heterocycles. The number of amides is 2. The van der Waals surface area contributed by atoms with E-state index in [4.69, 9.17) is 4.74 Å². The van der Waals surface area contributed by atoms with Crippen molar-refractivity contribution in [2.75, 3.05) is 39.8 Å². The molecule has 0 saturated carbocycles. The van der Waals surface area contributed by atoms with Crippen molar-refractivity contribution in [3.63, 3.8) is 0 Å². The molecule has 2 amide bonds. The summed E-state index contributed by atoms with van der Waals surface area (Å²) in [4.78, 5) is 14.1. The van der Waals surface area contributed by atoms with Crippen molar-refractivity contribution in [2.45, 2.75) is 12.2 Å². The zero-order valence-corrected chi connectivity index (χ0v) is 17.4. The van der Waals surface area contributed by atoms with Crippen molar-refractivity contribution >= 4 is 16.1 Å². The molecule has 1 fully saturated rings. The van der Waals surface area contributed by atoms with Gasteiger partial charge in [0.15, 0.2) is 0 Å². The Balaban J connectivity index is 1.45. The van der Waals surface area contributed by atoms with Gasteiger partial charge in [-0.3, -0.25) is 0 Å². The van der Waals surface area contributed by atoms with Crippen LogP contribution in [0.3, 0.4) is 0 Å². The van der Waals surface area contributed by atoms with Gasteiger partial charge in [-0.05, 0) is 23.6 Å². The van der Waals surface area contributed by atoms with E-state index in [-0.39, 0.29) is 11.8 Å². The molecule has 1 aliphatic heterocycles. The second kappa shape index (κ2) is 9.76. The standard InChI is InChI=1S/C21H27N3O4S/c1-28-20-10-6-5-9-19(20)11-12-22-21(25)23-13-15-24(16-14-23)29(26,27)17-18-7-3-2-4-8-18/h2-10H,11-17H2,1H3,(H,22,25). The Labute approximate surface area is 172 Å². The van der Waals surface area contributed by atoms with Crippen LogP contribution in [0.25, 0.3) is 0 Å². The molecule has 1 aliphatic rings. The lowest BCUT2D eigenvalue weighted by molar-refractivity contribution is 0.172. The SMILES string of the molecule is COc1ccccc1CCNC(=O)N1CCN(S(=O)(=O)Cc2ccccc2)CC1. The summed E-state index contributed by atoms with van der Waals surface area (Å²) in [6.07, 6.45) is 0.668. The van der Waals surface area contributed by atoms with Gasteiger partial charge >= 0.3 is 6.03 Å². The highest BCUT2D eigenvalue weighted by molar-refractivity contribution is 7.88. The minimum atomic E-state index is -3.39. The van der Waals surface area contributed by atoms with E-state index in [2.05, 4.69) is 5.32 Å². The van der Waals surface area contributed by atoms with E-state index in [1.165, 1.54) is 4.31 Å². The van der Waals surface area contributed by atoms with Gasteiger partial charge in [-0.1, -0.05) is 48.5 Å². The Hall–Kier alpha value is -2.58. The van der Waals surface area contributed by atoms with Gasteiger partial charge in [-0.25, -0.2) is 13.2 Å². The van der Waals surface area contributed by atoms with Crippen LogP contribution in [0.1, 0.15) is 11.1 Å². The summed E-state index contributed by atoms with van der Waals surface area (Å²) in [7, 11) is -1.76. The fourth-order valence-electron chi connectivity index (χ4n) is 3.37. The molecule has 29 heavy (non-hydrogen) atoms. The largest absolute Gasteiger partial charge is 0.496 e. The first kappa shape index (κ1) is 21.1. The molecule has 1 saturated heterocycles. The Morgan fingerprint density at radius 2 is 1.66 bits per heavy atom. The fourth-order valence-corrected chi connectivity index (χ4v) is 4.89. The van der Waals surface area contributed by atoms with Crippen molar-refractivity contribution in [1.29, 1.82) is 0 Å². The van der Waals surface area contributed by atoms with Crippen LogP contribution < -0.4 is 10.1 Å². The summed E-state index contributed by atoms with van der Waals surface area (Å²) in [6, 6.07) is 16.7. The van der Waals surface area contributed by atoms with Gasteiger partial charge in [0.25, 0.3) is 0 Å². The number of benzene rings is 2. The molecule has 0 atom stereocenters. The molecule has 0 spiro atoms. The number of nitrogens with one attached hydrogen (secondary N) is 1. The molecule has 7 nitrogen and oxygen atoms in total. The van der Waals surface area contributed by atoms with Gasteiger partial charge in [-0.2, -0.15) is 4.31 Å². The maximum absolute atomic E-state index is 12.6. The zero-order chi connectivity index (χ0) is 20.7. The van der Waals surface area contributed by atoms with E-state index in [9.17, 15) is 13.2 Å². The molecular formula is C21H27N3O4S. The summed E-state index contributed by atoms with van der Waals surface area (Å²) in [5.41, 5.74) is 1.80. The first-order valence-electron chi connectivity index (χ1n) is 9.66. The minimum Gasteiger partial charge on any atom is -0.496 e. The summed E-state index contributed by atoms with van der Waals surface area (Å²) in [5, 5.41) is 2.91. The summed E-state index contributed by atoms with van der Waals surface area (Å²) in [5.74, 6) is 0.790. The van der Waals surface area contributed by atoms with Crippen LogP contribution in [0.15, 0.2) is 54.6 Å². The van der Waals surface area contributed by atoms with Crippen LogP contribution in [0.4, 0.5) is 4.79 Å². The van der Waals surface area contributed by atoms with Crippen molar-refractivity contribution in [3.05, 3.63) is 65.7 Å². The molecule has 1 heterocycles. The number of para-hydroxylation sites is 1. The number of urea groups is 1. The number of rotatable bonds is 7. The van der Waals surface area contributed by atoms with Crippen molar-refractivity contribution < 1.29 is 17.9 Å². The number of methoxy groups -OCH3 is 1. The Bertz CT molecular complexity index is 911. The van der Waals surface area contributed by atoms with Gasteiger partial charge < -0.3 is 15.0 Å². The molecule has 0 bridgehead atoms. The van der Waals surface area contributed by atoms with Crippen LogP contribution in [-0.4, -0.2) is 63.5 Å². The predicted molar refractivity (Wildman–Crippen MR) is 112 cm³/mol. The number of piperazine rings is 1. The Morgan fingerprint density at radius 1 is 1.00 bits per heavy atom. The van der Waals surface area contributed by atoms with E-state index in [1.807, 2.05) is 54.6 Å². The molecule has 2 aromatic carbocycles. The molecule has 3 rings (SSSR count). The summed E-state index contributed by atoms with van der Waals surface area (Å²) < 4.78 is 32.0. The maximum atomic E-state index is 12.6. The first-order valence-corrected chi connectivity index (χ1v) is 11.3. The third-order valence-corrected chi connectivity index (χ3v) is 6.82. The minimum absolute atomic E-state index is 0.0149. The molecule has 2 aromatic rings. The number of sulfonamides is 1. The molecular weight excluding hydrogens is 390 g/mol. The number of hydrogen-bond acceptors (Lipinski definition) is 4. The lowest BCUT2D eigenvalue weighted by Crippen LogP contribution is -2.53. The highest BCUT2D eigenvalue weighted by Crippen LogP contribution is 2.17. The van der Waals surface area contributed by atoms with E-state index < -0.39 is 10.0 Å². The van der Waals surface area contributed by atoms with E-state index in [1.54, 1.807) is 12.0 Å². The maximum Gasteiger partial charge on any atom is 0.317 e. The van der Waals surface area contributed by atoms with E-state index in [0.29, 0.717) is 39.1 Å². The Morgan fingerprint density at radius 3 is 2.34 bits per heavy atom. The highest BCUT2D eigenvalue weighted by Gasteiger charge is 2.28.